The molecule has 0 rings (SSSR count). The largest absolute Gasteiger partial charge is 0.354 e. The zero-order valence-corrected chi connectivity index (χ0v) is 14.2. The summed E-state index contributed by atoms with van der Waals surface area (Å²) < 4.78 is 0. The molecule has 120 valence electrons. The van der Waals surface area contributed by atoms with Crippen molar-refractivity contribution in [2.24, 2.45) is 0 Å². The highest BCUT2D eigenvalue weighted by Crippen LogP contribution is 2.11. The highest BCUT2D eigenvalue weighted by molar-refractivity contribution is 5.76. The van der Waals surface area contributed by atoms with E-state index in [0.717, 1.165) is 12.8 Å². The maximum absolute atomic E-state index is 11.6. The molecule has 0 radical (unpaired) electrons. The van der Waals surface area contributed by atoms with Gasteiger partial charge in [0.05, 0.1) is 0 Å². The van der Waals surface area contributed by atoms with Crippen LogP contribution < -0.4 is 5.32 Å². The standard InChI is InChI=1S/C18H37NO/c1-4-6-7-8-9-10-11-12-13-14-15-16-18(20)19-17(3)5-2/h17H,4-16H2,1-3H3,(H,19,20). The van der Waals surface area contributed by atoms with Gasteiger partial charge < -0.3 is 5.32 Å². The first-order valence-electron chi connectivity index (χ1n) is 9.00. The summed E-state index contributed by atoms with van der Waals surface area (Å²) in [6.07, 6.45) is 16.4. The summed E-state index contributed by atoms with van der Waals surface area (Å²) in [5, 5.41) is 3.03. The number of rotatable bonds is 14. The van der Waals surface area contributed by atoms with Crippen LogP contribution in [0.5, 0.6) is 0 Å². The van der Waals surface area contributed by atoms with Crippen molar-refractivity contribution in [3.8, 4) is 0 Å². The highest BCUT2D eigenvalue weighted by Gasteiger charge is 2.04. The molecule has 0 heterocycles. The van der Waals surface area contributed by atoms with Gasteiger partial charge in [0.2, 0.25) is 5.91 Å². The smallest absolute Gasteiger partial charge is 0.220 e. The van der Waals surface area contributed by atoms with Crippen molar-refractivity contribution in [2.75, 3.05) is 0 Å². The van der Waals surface area contributed by atoms with Crippen molar-refractivity contribution >= 4 is 5.91 Å². The molecule has 0 aromatic rings. The second-order valence-corrected chi connectivity index (χ2v) is 6.16. The van der Waals surface area contributed by atoms with E-state index in [1.54, 1.807) is 0 Å². The minimum absolute atomic E-state index is 0.232. The van der Waals surface area contributed by atoms with Crippen molar-refractivity contribution in [1.82, 2.24) is 5.32 Å². The predicted octanol–water partition coefficient (Wildman–Crippen LogP) is 5.60. The van der Waals surface area contributed by atoms with Crippen molar-refractivity contribution < 1.29 is 4.79 Å². The Labute approximate surface area is 127 Å². The first kappa shape index (κ1) is 19.5. The van der Waals surface area contributed by atoms with Crippen molar-refractivity contribution in [1.29, 1.82) is 0 Å². The second-order valence-electron chi connectivity index (χ2n) is 6.16. The Morgan fingerprint density at radius 2 is 1.25 bits per heavy atom. The molecule has 1 atom stereocenters. The molecule has 0 aliphatic carbocycles. The Balaban J connectivity index is 3.14. The molecule has 0 saturated carbocycles. The first-order valence-corrected chi connectivity index (χ1v) is 9.00. The van der Waals surface area contributed by atoms with Gasteiger partial charge in [0.1, 0.15) is 0 Å². The maximum atomic E-state index is 11.6. The van der Waals surface area contributed by atoms with E-state index < -0.39 is 0 Å². The van der Waals surface area contributed by atoms with Crippen LogP contribution in [0.4, 0.5) is 0 Å². The number of carbonyl (C=O) groups is 1. The second kappa shape index (κ2) is 14.9. The van der Waals surface area contributed by atoms with Gasteiger partial charge >= 0.3 is 0 Å². The molecule has 2 heteroatoms. The van der Waals surface area contributed by atoms with Crippen LogP contribution in [0.3, 0.4) is 0 Å². The SMILES string of the molecule is CCCCCCCCCCCCCC(=O)NC(C)CC. The van der Waals surface area contributed by atoms with Gasteiger partial charge in [0.15, 0.2) is 0 Å². The van der Waals surface area contributed by atoms with Crippen LogP contribution in [-0.4, -0.2) is 11.9 Å². The number of nitrogens with one attached hydrogen (secondary N) is 1. The Morgan fingerprint density at radius 3 is 1.70 bits per heavy atom. The molecule has 0 fully saturated rings. The molecule has 1 unspecified atom stereocenters. The number of hydrogen-bond donors (Lipinski definition) is 1. The molecule has 0 spiro atoms. The van der Waals surface area contributed by atoms with Gasteiger partial charge in [-0.15, -0.1) is 0 Å². The fourth-order valence-electron chi connectivity index (χ4n) is 2.40. The molecular formula is C18H37NO. The van der Waals surface area contributed by atoms with E-state index in [9.17, 15) is 4.79 Å². The molecule has 1 amide bonds. The van der Waals surface area contributed by atoms with E-state index in [2.05, 4.69) is 26.1 Å². The van der Waals surface area contributed by atoms with Gasteiger partial charge in [0, 0.05) is 12.5 Å². The fraction of sp³-hybridized carbons (Fsp3) is 0.944. The average molecular weight is 284 g/mol. The normalized spacial score (nSPS) is 12.3. The summed E-state index contributed by atoms with van der Waals surface area (Å²) >= 11 is 0. The Morgan fingerprint density at radius 1 is 0.800 bits per heavy atom. The third-order valence-electron chi connectivity index (χ3n) is 4.03. The van der Waals surface area contributed by atoms with Crippen molar-refractivity contribution in [3.05, 3.63) is 0 Å². The van der Waals surface area contributed by atoms with Crippen LogP contribution in [0.1, 0.15) is 104 Å². The number of unbranched alkanes of at least 4 members (excludes halogenated alkanes) is 10. The van der Waals surface area contributed by atoms with Crippen LogP contribution in [0.25, 0.3) is 0 Å². The summed E-state index contributed by atoms with van der Waals surface area (Å²) in [5.41, 5.74) is 0. The average Bonchev–Trinajstić information content (AvgIpc) is 2.44. The minimum Gasteiger partial charge on any atom is -0.354 e. The Hall–Kier alpha value is -0.530. The molecule has 0 aromatic carbocycles. The van der Waals surface area contributed by atoms with Gasteiger partial charge in [0.25, 0.3) is 0 Å². The number of amides is 1. The lowest BCUT2D eigenvalue weighted by Crippen LogP contribution is -2.31. The van der Waals surface area contributed by atoms with Crippen LogP contribution in [0.15, 0.2) is 0 Å². The molecule has 0 bridgehead atoms. The van der Waals surface area contributed by atoms with Crippen molar-refractivity contribution in [2.45, 2.75) is 110 Å². The number of hydrogen-bond acceptors (Lipinski definition) is 1. The molecular weight excluding hydrogens is 246 g/mol. The van der Waals surface area contributed by atoms with Crippen LogP contribution in [-0.2, 0) is 4.79 Å². The minimum atomic E-state index is 0.232. The third kappa shape index (κ3) is 13.9. The summed E-state index contributed by atoms with van der Waals surface area (Å²) in [7, 11) is 0. The van der Waals surface area contributed by atoms with E-state index in [0.29, 0.717) is 12.5 Å². The molecule has 2 nitrogen and oxygen atoms in total. The summed E-state index contributed by atoms with van der Waals surface area (Å²) in [5.74, 6) is 0.232. The predicted molar refractivity (Wildman–Crippen MR) is 89.0 cm³/mol. The lowest BCUT2D eigenvalue weighted by atomic mass is 10.1. The Bertz CT molecular complexity index is 215. The van der Waals surface area contributed by atoms with E-state index in [-0.39, 0.29) is 5.91 Å². The fourth-order valence-corrected chi connectivity index (χ4v) is 2.40. The zero-order chi connectivity index (χ0) is 15.1. The first-order chi connectivity index (χ1) is 9.70. The van der Waals surface area contributed by atoms with Crippen LogP contribution in [0, 0.1) is 0 Å². The van der Waals surface area contributed by atoms with E-state index in [1.807, 2.05) is 0 Å². The van der Waals surface area contributed by atoms with Gasteiger partial charge in [-0.2, -0.15) is 0 Å². The highest BCUT2D eigenvalue weighted by atomic mass is 16.1. The zero-order valence-electron chi connectivity index (χ0n) is 14.2. The van der Waals surface area contributed by atoms with E-state index >= 15 is 0 Å². The summed E-state index contributed by atoms with van der Waals surface area (Å²) in [4.78, 5) is 11.6. The van der Waals surface area contributed by atoms with Gasteiger partial charge in [-0.05, 0) is 19.8 Å². The summed E-state index contributed by atoms with van der Waals surface area (Å²) in [6.45, 7) is 6.44. The topological polar surface area (TPSA) is 29.1 Å². The lowest BCUT2D eigenvalue weighted by Gasteiger charge is -2.10. The van der Waals surface area contributed by atoms with E-state index in [1.165, 1.54) is 64.2 Å². The monoisotopic (exact) mass is 283 g/mol. The van der Waals surface area contributed by atoms with Gasteiger partial charge in [-0.3, -0.25) is 4.79 Å². The lowest BCUT2D eigenvalue weighted by molar-refractivity contribution is -0.121. The maximum Gasteiger partial charge on any atom is 0.220 e. The van der Waals surface area contributed by atoms with Gasteiger partial charge in [-0.25, -0.2) is 0 Å². The molecule has 1 N–H and O–H groups in total. The molecule has 0 aliphatic rings. The number of carbonyl (C=O) groups excluding carboxylic acids is 1. The summed E-state index contributed by atoms with van der Waals surface area (Å²) in [6, 6.07) is 0.329. The molecule has 20 heavy (non-hydrogen) atoms. The molecule has 0 saturated heterocycles. The van der Waals surface area contributed by atoms with E-state index in [4.69, 9.17) is 0 Å². The molecule has 0 aliphatic heterocycles. The van der Waals surface area contributed by atoms with Crippen LogP contribution in [0.2, 0.25) is 0 Å². The quantitative estimate of drug-likeness (QED) is 0.413. The van der Waals surface area contributed by atoms with Crippen molar-refractivity contribution in [3.63, 3.8) is 0 Å². The van der Waals surface area contributed by atoms with Crippen LogP contribution >= 0.6 is 0 Å². The Kier molecular flexibility index (Phi) is 14.5. The molecule has 0 aromatic heterocycles. The van der Waals surface area contributed by atoms with Gasteiger partial charge in [-0.1, -0.05) is 78.1 Å². The third-order valence-corrected chi connectivity index (χ3v) is 4.03.